The van der Waals surface area contributed by atoms with Crippen LogP contribution in [0.4, 0.5) is 11.4 Å². The van der Waals surface area contributed by atoms with Crippen LogP contribution in [0.1, 0.15) is 19.4 Å². The molecule has 0 saturated heterocycles. The molecule has 2 nitrogen and oxygen atoms in total. The Morgan fingerprint density at radius 3 is 1.67 bits per heavy atom. The van der Waals surface area contributed by atoms with Gasteiger partial charge in [-0.25, -0.2) is 0 Å². The van der Waals surface area contributed by atoms with Gasteiger partial charge in [0, 0.05) is 127 Å². The first-order chi connectivity index (χ1) is 24.6. The standard InChI is InChI=1S/C48H24N2.Ac/c1-4-5-6-7-8-9-10-11-12-13-14-15-16-17-18-19-20-21-24-32-41-50-45-39-38-42-33-29-30-36-44(42)47(45)48(2,3)46(50)37-28-22-23-31-40-49-43-34-26-25-27-35-43;/h1,22-23,25-31,33-40H,2-3H3;. The summed E-state index contributed by atoms with van der Waals surface area (Å²) < 4.78 is 2.01. The summed E-state index contributed by atoms with van der Waals surface area (Å²) in [6.45, 7) is 4.43. The Morgan fingerprint density at radius 2 is 1.08 bits per heavy atom. The second-order valence-electron chi connectivity index (χ2n) is 10.2. The Labute approximate surface area is 337 Å². The van der Waals surface area contributed by atoms with Crippen molar-refractivity contribution in [2.45, 2.75) is 19.3 Å². The van der Waals surface area contributed by atoms with Gasteiger partial charge < -0.3 is 5.32 Å². The monoisotopic (exact) mass is 855 g/mol. The van der Waals surface area contributed by atoms with E-state index < -0.39 is 0 Å². The molecule has 0 fully saturated rings. The number of terminal acetylenes is 1. The summed E-state index contributed by atoms with van der Waals surface area (Å²) in [6, 6.07) is 25.7. The van der Waals surface area contributed by atoms with Gasteiger partial charge in [-0.3, -0.25) is 0 Å². The fraction of sp³-hybridized carbons (Fsp3) is 0.0625. The molecule has 0 aromatic heterocycles. The molecule has 229 valence electrons. The van der Waals surface area contributed by atoms with Gasteiger partial charge in [0.2, 0.25) is 17.4 Å². The summed E-state index contributed by atoms with van der Waals surface area (Å²) in [6.07, 6.45) is 16.7. The molecule has 0 amide bonds. The molecule has 0 aliphatic carbocycles. The van der Waals surface area contributed by atoms with Gasteiger partial charge in [-0.1, -0.05) is 78.9 Å². The molecule has 3 aromatic carbocycles. The van der Waals surface area contributed by atoms with Crippen molar-refractivity contribution in [2.75, 3.05) is 0 Å². The fourth-order valence-electron chi connectivity index (χ4n) is 4.66. The van der Waals surface area contributed by atoms with Gasteiger partial charge in [-0.2, -0.15) is 6.20 Å². The van der Waals surface area contributed by atoms with Crippen molar-refractivity contribution in [3.8, 4) is 131 Å². The van der Waals surface area contributed by atoms with E-state index in [1.54, 1.807) is 6.20 Å². The van der Waals surface area contributed by atoms with Crippen LogP contribution >= 0.6 is 0 Å². The molecule has 0 saturated carbocycles. The molecule has 0 spiro atoms. The van der Waals surface area contributed by atoms with Crippen LogP contribution in [-0.4, -0.2) is 10.3 Å². The second-order valence-corrected chi connectivity index (χ2v) is 10.2. The van der Waals surface area contributed by atoms with Crippen molar-refractivity contribution in [2.24, 2.45) is 0 Å². The number of hydrogen-bond acceptors (Lipinski definition) is 0. The maximum atomic E-state index is 4.98. The van der Waals surface area contributed by atoms with Crippen molar-refractivity contribution < 1.29 is 48.6 Å². The Bertz CT molecular complexity index is 2650. The van der Waals surface area contributed by atoms with E-state index >= 15 is 0 Å². The number of fused-ring (bicyclic) bond motifs is 3. The minimum Gasteiger partial charge on any atom is -0.664 e. The van der Waals surface area contributed by atoms with E-state index in [-0.39, 0.29) is 49.5 Å². The molecule has 1 radical (unpaired) electrons. The number of nitrogens with zero attached hydrogens (tertiary/aromatic N) is 2. The van der Waals surface area contributed by atoms with Crippen molar-refractivity contribution in [1.29, 1.82) is 0 Å². The van der Waals surface area contributed by atoms with E-state index in [1.165, 1.54) is 16.3 Å². The van der Waals surface area contributed by atoms with Gasteiger partial charge in [0.15, 0.2) is 0 Å². The third-order valence-corrected chi connectivity index (χ3v) is 6.67. The molecule has 1 heterocycles. The summed E-state index contributed by atoms with van der Waals surface area (Å²) in [5, 5.41) is 6.81. The largest absolute Gasteiger partial charge is 0.664 e. The van der Waals surface area contributed by atoms with Gasteiger partial charge in [0.05, 0.1) is 11.3 Å². The summed E-state index contributed by atoms with van der Waals surface area (Å²) in [7, 11) is 0. The van der Waals surface area contributed by atoms with Crippen LogP contribution in [0.2, 0.25) is 0 Å². The smallest absolute Gasteiger partial charge is 0.243 e. The van der Waals surface area contributed by atoms with Crippen LogP contribution < -0.4 is 0 Å². The van der Waals surface area contributed by atoms with Gasteiger partial charge in [0.1, 0.15) is 0 Å². The Morgan fingerprint density at radius 1 is 0.569 bits per heavy atom. The molecular weight excluding hydrogens is 832 g/mol. The average Bonchev–Trinajstić information content (AvgIpc) is 3.35. The molecule has 3 aromatic rings. The van der Waals surface area contributed by atoms with E-state index in [9.17, 15) is 0 Å². The average molecular weight is 856 g/mol. The van der Waals surface area contributed by atoms with E-state index in [0.717, 1.165) is 17.1 Å². The molecule has 4 rings (SSSR count). The first-order valence-corrected chi connectivity index (χ1v) is 15.0. The van der Waals surface area contributed by atoms with Crippen molar-refractivity contribution >= 4 is 27.9 Å². The Hall–Kier alpha value is -6.79. The zero-order chi connectivity index (χ0) is 35.1. The summed E-state index contributed by atoms with van der Waals surface area (Å²) in [5.74, 6) is 51.2. The Balaban J connectivity index is 0.00000702. The first-order valence-electron chi connectivity index (χ1n) is 15.0. The topological polar surface area (TPSA) is 17.1 Å². The van der Waals surface area contributed by atoms with Crippen LogP contribution in [-0.2, 0) is 5.41 Å². The third-order valence-electron chi connectivity index (χ3n) is 6.67. The van der Waals surface area contributed by atoms with Crippen molar-refractivity contribution in [1.82, 2.24) is 0 Å². The molecule has 3 heteroatoms. The normalized spacial score (nSPS) is 10.6. The molecule has 1 aliphatic rings. The SMILES string of the molecule is C#CC#CC#CC#CC#CC#CC#CC#CC#CC#CC#C[N+]1=C(/C=C/C=C/C=C/[N-]c2ccccc2)C(C)(C)c2c1ccc1ccccc21.[Ac]. The third kappa shape index (κ3) is 12.3. The number of hydrogen-bond donors (Lipinski definition) is 0. The molecule has 0 N–H and O–H groups in total. The van der Waals surface area contributed by atoms with Crippen LogP contribution in [0.15, 0.2) is 103 Å². The van der Waals surface area contributed by atoms with E-state index in [4.69, 9.17) is 6.42 Å². The first kappa shape index (κ1) is 38.7. The summed E-state index contributed by atoms with van der Waals surface area (Å²) >= 11 is 0. The van der Waals surface area contributed by atoms with Crippen LogP contribution in [0, 0.1) is 175 Å². The molecular formula is C48H24AcN2. The van der Waals surface area contributed by atoms with Crippen LogP contribution in [0.25, 0.3) is 16.1 Å². The predicted octanol–water partition coefficient (Wildman–Crippen LogP) is 7.17. The maximum Gasteiger partial charge on any atom is 0.243 e. The number of benzene rings is 3. The van der Waals surface area contributed by atoms with Crippen LogP contribution in [0.3, 0.4) is 0 Å². The zero-order valence-electron chi connectivity index (χ0n) is 27.9. The number of para-hydroxylation sites is 1. The Kier molecular flexibility index (Phi) is 16.6. The van der Waals surface area contributed by atoms with Gasteiger partial charge in [-0.15, -0.1) is 16.7 Å². The van der Waals surface area contributed by atoms with Gasteiger partial charge in [-0.05, 0) is 78.0 Å². The molecule has 51 heavy (non-hydrogen) atoms. The minimum atomic E-state index is -0.309. The molecule has 0 bridgehead atoms. The molecule has 1 aliphatic heterocycles. The van der Waals surface area contributed by atoms with E-state index in [1.807, 2.05) is 59.2 Å². The maximum absolute atomic E-state index is 4.98. The summed E-state index contributed by atoms with van der Waals surface area (Å²) in [4.78, 5) is 0. The quantitative estimate of drug-likeness (QED) is 0.147. The molecule has 0 atom stereocenters. The van der Waals surface area contributed by atoms with Gasteiger partial charge in [0.25, 0.3) is 0 Å². The van der Waals surface area contributed by atoms with E-state index in [2.05, 4.69) is 186 Å². The fourth-order valence-corrected chi connectivity index (χ4v) is 4.66. The summed E-state index contributed by atoms with van der Waals surface area (Å²) in [5.41, 5.74) is 3.89. The number of allylic oxidation sites excluding steroid dienone is 5. The zero-order valence-corrected chi connectivity index (χ0v) is 32.6. The number of rotatable bonds is 5. The van der Waals surface area contributed by atoms with Gasteiger partial charge >= 0.3 is 0 Å². The van der Waals surface area contributed by atoms with Crippen LogP contribution in [0.5, 0.6) is 0 Å². The van der Waals surface area contributed by atoms with Crippen molar-refractivity contribution in [3.05, 3.63) is 114 Å². The minimum absolute atomic E-state index is 0. The predicted molar refractivity (Wildman–Crippen MR) is 205 cm³/mol. The second kappa shape index (κ2) is 22.0. The van der Waals surface area contributed by atoms with E-state index in [0.29, 0.717) is 0 Å². The molecule has 0 unspecified atom stereocenters. The van der Waals surface area contributed by atoms with Crippen molar-refractivity contribution in [3.63, 3.8) is 0 Å².